The maximum Gasteiger partial charge on any atom is 0.112 e. The van der Waals surface area contributed by atoms with Crippen molar-refractivity contribution >= 4 is 23.2 Å². The second-order valence-electron chi connectivity index (χ2n) is 9.71. The normalized spacial score (nSPS) is 18.5. The van der Waals surface area contributed by atoms with Gasteiger partial charge in [0.25, 0.3) is 0 Å². The summed E-state index contributed by atoms with van der Waals surface area (Å²) in [5.74, 6) is 1.89. The molecule has 0 amide bonds. The van der Waals surface area contributed by atoms with Crippen molar-refractivity contribution in [3.63, 3.8) is 0 Å². The molecule has 1 aliphatic rings. The monoisotopic (exact) mass is 522 g/mol. The highest BCUT2D eigenvalue weighted by Crippen LogP contribution is 2.56. The van der Waals surface area contributed by atoms with E-state index < -0.39 is 7.26 Å². The van der Waals surface area contributed by atoms with Gasteiger partial charge in [-0.1, -0.05) is 113 Å². The Kier molecular flexibility index (Phi) is 10.7. The Hall–Kier alpha value is -1.43. The third-order valence-corrected chi connectivity index (χ3v) is 12.1. The minimum atomic E-state index is -1.66. The molecule has 3 aromatic carbocycles. The zero-order chi connectivity index (χ0) is 22.1. The van der Waals surface area contributed by atoms with Crippen LogP contribution in [0.4, 0.5) is 0 Å². The summed E-state index contributed by atoms with van der Waals surface area (Å²) in [4.78, 5) is 0. The lowest BCUT2D eigenvalue weighted by atomic mass is 9.79. The minimum Gasteiger partial charge on any atom is -1.00 e. The molecule has 1 fully saturated rings. The lowest BCUT2D eigenvalue weighted by molar-refractivity contribution is -0.00000649. The van der Waals surface area contributed by atoms with Crippen molar-refractivity contribution in [2.24, 2.45) is 11.8 Å². The van der Waals surface area contributed by atoms with Gasteiger partial charge < -0.3 is 17.0 Å². The van der Waals surface area contributed by atoms with Crippen LogP contribution in [0.2, 0.25) is 0 Å². The van der Waals surface area contributed by atoms with Crippen LogP contribution in [0, 0.1) is 11.8 Å². The molecule has 1 saturated carbocycles. The number of halogens is 1. The van der Waals surface area contributed by atoms with E-state index in [4.69, 9.17) is 0 Å². The second-order valence-corrected chi connectivity index (χ2v) is 13.3. The smallest absolute Gasteiger partial charge is 0.112 e. The van der Waals surface area contributed by atoms with Gasteiger partial charge in [0.2, 0.25) is 0 Å². The number of hydrogen-bond donors (Lipinski definition) is 0. The SMILES string of the molecule is CCCCC[C@H]1CC[C@H](CC[P+](c2ccccc2)(c2ccccc2)c2ccccc2)CC1.[Br-]. The lowest BCUT2D eigenvalue weighted by Gasteiger charge is -2.32. The Labute approximate surface area is 213 Å². The third kappa shape index (κ3) is 6.58. The largest absolute Gasteiger partial charge is 1.00 e. The van der Waals surface area contributed by atoms with E-state index in [0.29, 0.717) is 0 Å². The van der Waals surface area contributed by atoms with Crippen molar-refractivity contribution in [1.29, 1.82) is 0 Å². The van der Waals surface area contributed by atoms with Crippen LogP contribution in [0.25, 0.3) is 0 Å². The van der Waals surface area contributed by atoms with E-state index in [1.54, 1.807) is 0 Å². The molecule has 2 heteroatoms. The zero-order valence-corrected chi connectivity index (χ0v) is 22.7. The van der Waals surface area contributed by atoms with Crippen molar-refractivity contribution in [3.05, 3.63) is 91.0 Å². The molecular weight excluding hydrogens is 483 g/mol. The van der Waals surface area contributed by atoms with Gasteiger partial charge in [-0.3, -0.25) is 0 Å². The maximum atomic E-state index is 2.39. The van der Waals surface area contributed by atoms with Crippen LogP contribution in [-0.2, 0) is 0 Å². The first-order valence-corrected chi connectivity index (χ1v) is 14.8. The van der Waals surface area contributed by atoms with E-state index in [1.165, 1.54) is 79.9 Å². The molecule has 0 spiro atoms. The summed E-state index contributed by atoms with van der Waals surface area (Å²) in [5.41, 5.74) is 0. The van der Waals surface area contributed by atoms with E-state index in [9.17, 15) is 0 Å². The van der Waals surface area contributed by atoms with E-state index in [2.05, 4.69) is 97.9 Å². The van der Waals surface area contributed by atoms with Crippen LogP contribution >= 0.6 is 7.26 Å². The molecule has 3 aromatic rings. The topological polar surface area (TPSA) is 0 Å². The van der Waals surface area contributed by atoms with Gasteiger partial charge in [-0.2, -0.15) is 0 Å². The van der Waals surface area contributed by atoms with Crippen molar-refractivity contribution < 1.29 is 17.0 Å². The first kappa shape index (κ1) is 26.2. The van der Waals surface area contributed by atoms with E-state index in [0.717, 1.165) is 11.8 Å². The van der Waals surface area contributed by atoms with Crippen LogP contribution in [-0.4, -0.2) is 6.16 Å². The number of benzene rings is 3. The Balaban J connectivity index is 0.00000306. The Morgan fingerprint density at radius 1 is 0.576 bits per heavy atom. The van der Waals surface area contributed by atoms with Gasteiger partial charge in [0.1, 0.15) is 23.2 Å². The van der Waals surface area contributed by atoms with Crippen LogP contribution in [0.15, 0.2) is 91.0 Å². The molecule has 0 bridgehead atoms. The minimum absolute atomic E-state index is 0. The number of unbranched alkanes of at least 4 members (excludes halogenated alkanes) is 2. The summed E-state index contributed by atoms with van der Waals surface area (Å²) in [7, 11) is -1.66. The molecule has 0 unspecified atom stereocenters. The molecule has 33 heavy (non-hydrogen) atoms. The van der Waals surface area contributed by atoms with Gasteiger partial charge in [-0.15, -0.1) is 0 Å². The van der Waals surface area contributed by atoms with Gasteiger partial charge in [-0.25, -0.2) is 0 Å². The summed E-state index contributed by atoms with van der Waals surface area (Å²) in [5, 5.41) is 4.60. The average molecular weight is 524 g/mol. The highest BCUT2D eigenvalue weighted by atomic mass is 79.9. The highest BCUT2D eigenvalue weighted by Gasteiger charge is 2.45. The third-order valence-electron chi connectivity index (χ3n) is 7.65. The van der Waals surface area contributed by atoms with Crippen molar-refractivity contribution in [3.8, 4) is 0 Å². The quantitative estimate of drug-likeness (QED) is 0.266. The van der Waals surface area contributed by atoms with Crippen molar-refractivity contribution in [2.75, 3.05) is 6.16 Å². The standard InChI is InChI=1S/C31H40P.BrH/c1-2-3-7-14-27-21-23-28(24-22-27)25-26-32(29-15-8-4-9-16-29,30-17-10-5-11-18-30)31-19-12-6-13-20-31;/h4-6,8-13,15-20,27-28H,2-3,7,14,21-26H2,1H3;1H/q+1;/p-1/t27-,28-;. The fraction of sp³-hybridized carbons (Fsp3) is 0.419. The summed E-state index contributed by atoms with van der Waals surface area (Å²) in [6.07, 6.45) is 14.1. The first-order chi connectivity index (χ1) is 15.8. The lowest BCUT2D eigenvalue weighted by Crippen LogP contribution is -3.00. The van der Waals surface area contributed by atoms with Crippen LogP contribution in [0.1, 0.15) is 64.7 Å². The molecule has 176 valence electrons. The maximum absolute atomic E-state index is 2.39. The van der Waals surface area contributed by atoms with E-state index in [-0.39, 0.29) is 17.0 Å². The van der Waals surface area contributed by atoms with Gasteiger partial charge in [-0.05, 0) is 54.7 Å². The molecule has 0 nitrogen and oxygen atoms in total. The predicted molar refractivity (Wildman–Crippen MR) is 144 cm³/mol. The molecule has 1 aliphatic carbocycles. The molecule has 0 aliphatic heterocycles. The summed E-state index contributed by atoms with van der Waals surface area (Å²) >= 11 is 0. The number of rotatable bonds is 10. The summed E-state index contributed by atoms with van der Waals surface area (Å²) < 4.78 is 0. The van der Waals surface area contributed by atoms with Crippen LogP contribution in [0.5, 0.6) is 0 Å². The zero-order valence-electron chi connectivity index (χ0n) is 20.2. The Morgan fingerprint density at radius 3 is 1.36 bits per heavy atom. The van der Waals surface area contributed by atoms with Crippen molar-refractivity contribution in [2.45, 2.75) is 64.7 Å². The molecule has 0 N–H and O–H groups in total. The van der Waals surface area contributed by atoms with Gasteiger partial charge >= 0.3 is 0 Å². The highest BCUT2D eigenvalue weighted by molar-refractivity contribution is 7.95. The van der Waals surface area contributed by atoms with Gasteiger partial charge in [0, 0.05) is 0 Å². The average Bonchev–Trinajstić information content (AvgIpc) is 2.87. The molecule has 0 heterocycles. The van der Waals surface area contributed by atoms with Gasteiger partial charge in [0.05, 0.1) is 6.16 Å². The molecule has 0 saturated heterocycles. The molecular formula is C31H40BrP. The summed E-state index contributed by atoms with van der Waals surface area (Å²) in [6, 6.07) is 34.2. The molecule has 0 radical (unpaired) electrons. The molecule has 4 rings (SSSR count). The van der Waals surface area contributed by atoms with Crippen molar-refractivity contribution in [1.82, 2.24) is 0 Å². The van der Waals surface area contributed by atoms with Crippen LogP contribution in [0.3, 0.4) is 0 Å². The fourth-order valence-corrected chi connectivity index (χ4v) is 10.2. The number of hydrogen-bond acceptors (Lipinski definition) is 0. The Bertz CT molecular complexity index is 805. The molecule has 0 aromatic heterocycles. The van der Waals surface area contributed by atoms with Crippen LogP contribution < -0.4 is 32.9 Å². The Morgan fingerprint density at radius 2 is 0.970 bits per heavy atom. The summed E-state index contributed by atoms with van der Waals surface area (Å²) in [6.45, 7) is 2.32. The van der Waals surface area contributed by atoms with E-state index in [1.807, 2.05) is 0 Å². The predicted octanol–water partition coefficient (Wildman–Crippen LogP) is 4.76. The van der Waals surface area contributed by atoms with E-state index >= 15 is 0 Å². The second kappa shape index (κ2) is 13.5. The fourth-order valence-electron chi connectivity index (χ4n) is 5.75. The van der Waals surface area contributed by atoms with Gasteiger partial charge in [0.15, 0.2) is 0 Å². The molecule has 0 atom stereocenters. The first-order valence-electron chi connectivity index (χ1n) is 12.9.